The van der Waals surface area contributed by atoms with Crippen LogP contribution < -0.4 is 15.1 Å². The van der Waals surface area contributed by atoms with Crippen LogP contribution in [0.3, 0.4) is 0 Å². The highest BCUT2D eigenvalue weighted by atomic mass is 32.1. The third-order valence-electron chi connectivity index (χ3n) is 5.63. The molecule has 3 heterocycles. The first-order chi connectivity index (χ1) is 14.3. The lowest BCUT2D eigenvalue weighted by molar-refractivity contribution is -0.122. The molecule has 1 aromatic heterocycles. The van der Waals surface area contributed by atoms with E-state index in [-0.39, 0.29) is 10.7 Å². The summed E-state index contributed by atoms with van der Waals surface area (Å²) in [6.45, 7) is 7.55. The second kappa shape index (κ2) is 8.04. The Morgan fingerprint density at radius 1 is 1.07 bits per heavy atom. The average molecular weight is 425 g/mol. The number of aryl methyl sites for hydroxylation is 1. The first-order valence-electron chi connectivity index (χ1n) is 9.86. The van der Waals surface area contributed by atoms with Gasteiger partial charge in [0.2, 0.25) is 0 Å². The Bertz CT molecular complexity index is 1050. The summed E-state index contributed by atoms with van der Waals surface area (Å²) >= 11 is 5.29. The smallest absolute Gasteiger partial charge is 0.270 e. The van der Waals surface area contributed by atoms with E-state index in [4.69, 9.17) is 16.6 Å². The van der Waals surface area contributed by atoms with Gasteiger partial charge in [0.25, 0.3) is 11.8 Å². The van der Waals surface area contributed by atoms with Gasteiger partial charge in [-0.2, -0.15) is 0 Å². The number of piperazine rings is 1. The number of hydrogen-bond acceptors (Lipinski definition) is 6. The molecular weight excluding hydrogens is 400 g/mol. The molecule has 30 heavy (non-hydrogen) atoms. The number of amides is 2. The molecule has 2 aliphatic heterocycles. The van der Waals surface area contributed by atoms with Gasteiger partial charge in [0.1, 0.15) is 11.3 Å². The highest BCUT2D eigenvalue weighted by Gasteiger charge is 2.35. The maximum absolute atomic E-state index is 13.2. The largest absolute Gasteiger partial charge is 0.441 e. The van der Waals surface area contributed by atoms with Crippen molar-refractivity contribution in [3.63, 3.8) is 0 Å². The molecular formula is C22H24N4O3S. The second-order valence-corrected chi connectivity index (χ2v) is 8.03. The number of nitrogens with one attached hydrogen (secondary N) is 1. The monoisotopic (exact) mass is 424 g/mol. The number of carbonyl (C=O) groups is 2. The maximum atomic E-state index is 13.2. The minimum Gasteiger partial charge on any atom is -0.441 e. The molecule has 0 radical (unpaired) electrons. The van der Waals surface area contributed by atoms with Gasteiger partial charge in [0.05, 0.1) is 5.69 Å². The topological polar surface area (TPSA) is 69.0 Å². The van der Waals surface area contributed by atoms with Gasteiger partial charge in [-0.1, -0.05) is 12.1 Å². The second-order valence-electron chi connectivity index (χ2n) is 7.64. The van der Waals surface area contributed by atoms with Crippen LogP contribution in [0.25, 0.3) is 6.08 Å². The molecule has 4 rings (SSSR count). The summed E-state index contributed by atoms with van der Waals surface area (Å²) in [5.74, 6) is 0.204. The van der Waals surface area contributed by atoms with Gasteiger partial charge in [-0.15, -0.1) is 0 Å². The Morgan fingerprint density at radius 3 is 2.53 bits per heavy atom. The molecule has 1 aromatic carbocycles. The van der Waals surface area contributed by atoms with E-state index in [1.54, 1.807) is 6.07 Å². The number of hydrogen-bond donors (Lipinski definition) is 1. The van der Waals surface area contributed by atoms with Crippen LogP contribution in [-0.2, 0) is 9.59 Å². The molecule has 2 saturated heterocycles. The van der Waals surface area contributed by atoms with Crippen molar-refractivity contribution in [2.24, 2.45) is 0 Å². The van der Waals surface area contributed by atoms with Crippen molar-refractivity contribution in [1.29, 1.82) is 0 Å². The van der Waals surface area contributed by atoms with Crippen LogP contribution in [0.2, 0.25) is 0 Å². The van der Waals surface area contributed by atoms with Crippen LogP contribution >= 0.6 is 12.2 Å². The van der Waals surface area contributed by atoms with Crippen molar-refractivity contribution in [3.05, 3.63) is 52.8 Å². The molecule has 8 heteroatoms. The number of furan rings is 1. The van der Waals surface area contributed by atoms with E-state index in [2.05, 4.69) is 22.2 Å². The van der Waals surface area contributed by atoms with E-state index in [0.717, 1.165) is 43.2 Å². The summed E-state index contributed by atoms with van der Waals surface area (Å²) in [7, 11) is 2.09. The summed E-state index contributed by atoms with van der Waals surface area (Å²) in [6.07, 6.45) is 1.48. The Hall–Kier alpha value is -2.97. The van der Waals surface area contributed by atoms with Crippen molar-refractivity contribution < 1.29 is 14.0 Å². The zero-order valence-electron chi connectivity index (χ0n) is 17.3. The first kappa shape index (κ1) is 20.3. The normalized spacial score (nSPS) is 19.6. The third-order valence-corrected chi connectivity index (χ3v) is 5.92. The van der Waals surface area contributed by atoms with Crippen LogP contribution in [0.5, 0.6) is 0 Å². The minimum absolute atomic E-state index is 0.0104. The molecule has 0 saturated carbocycles. The van der Waals surface area contributed by atoms with Crippen molar-refractivity contribution in [2.75, 3.05) is 43.0 Å². The van der Waals surface area contributed by atoms with E-state index in [1.807, 2.05) is 38.1 Å². The van der Waals surface area contributed by atoms with E-state index < -0.39 is 11.8 Å². The summed E-state index contributed by atoms with van der Waals surface area (Å²) < 4.78 is 5.92. The molecule has 2 aromatic rings. The molecule has 0 aliphatic carbocycles. The summed E-state index contributed by atoms with van der Waals surface area (Å²) in [4.78, 5) is 31.5. The molecule has 0 atom stereocenters. The SMILES string of the molecule is Cc1cccc(N2C(=O)/C(=C/c3ccc(N4CCN(C)CC4)o3)C(=O)NC2=S)c1C. The van der Waals surface area contributed by atoms with Gasteiger partial charge < -0.3 is 14.2 Å². The fraction of sp³-hybridized carbons (Fsp3) is 0.318. The van der Waals surface area contributed by atoms with Gasteiger partial charge in [-0.3, -0.25) is 19.8 Å². The minimum atomic E-state index is -0.524. The zero-order chi connectivity index (χ0) is 21.4. The molecule has 2 aliphatic rings. The molecule has 0 bridgehead atoms. The Morgan fingerprint density at radius 2 is 1.80 bits per heavy atom. The van der Waals surface area contributed by atoms with Crippen molar-refractivity contribution in [2.45, 2.75) is 13.8 Å². The fourth-order valence-electron chi connectivity index (χ4n) is 3.61. The lowest BCUT2D eigenvalue weighted by atomic mass is 10.0. The third kappa shape index (κ3) is 3.76. The van der Waals surface area contributed by atoms with E-state index in [9.17, 15) is 9.59 Å². The first-order valence-corrected chi connectivity index (χ1v) is 10.3. The lowest BCUT2D eigenvalue weighted by Gasteiger charge is -2.32. The van der Waals surface area contributed by atoms with Crippen LogP contribution in [-0.4, -0.2) is 55.1 Å². The van der Waals surface area contributed by atoms with Gasteiger partial charge in [-0.25, -0.2) is 0 Å². The number of benzene rings is 1. The Balaban J connectivity index is 1.63. The summed E-state index contributed by atoms with van der Waals surface area (Å²) in [5, 5.41) is 2.70. The molecule has 1 N–H and O–H groups in total. The predicted octanol–water partition coefficient (Wildman–Crippen LogP) is 2.48. The van der Waals surface area contributed by atoms with Gasteiger partial charge >= 0.3 is 0 Å². The maximum Gasteiger partial charge on any atom is 0.270 e. The Kier molecular flexibility index (Phi) is 5.44. The van der Waals surface area contributed by atoms with Crippen LogP contribution in [0.15, 0.2) is 40.3 Å². The van der Waals surface area contributed by atoms with Crippen LogP contribution in [0.1, 0.15) is 16.9 Å². The number of rotatable bonds is 3. The standard InChI is InChI=1S/C22H24N4O3S/c1-14-5-4-6-18(15(14)2)26-21(28)17(20(27)23-22(26)30)13-16-7-8-19(29-16)25-11-9-24(3)10-12-25/h4-8,13H,9-12H2,1-3H3,(H,23,27,30)/b17-13+. The van der Waals surface area contributed by atoms with Gasteiger partial charge in [-0.05, 0) is 62.4 Å². The van der Waals surface area contributed by atoms with Crippen LogP contribution in [0, 0.1) is 13.8 Å². The Labute approximate surface area is 180 Å². The lowest BCUT2D eigenvalue weighted by Crippen LogP contribution is -2.54. The van der Waals surface area contributed by atoms with Gasteiger partial charge in [0, 0.05) is 32.2 Å². The quantitative estimate of drug-likeness (QED) is 0.464. The number of thiocarbonyl (C=S) groups is 1. The fourth-order valence-corrected chi connectivity index (χ4v) is 3.89. The molecule has 2 amide bonds. The van der Waals surface area contributed by atoms with Gasteiger partial charge in [0.15, 0.2) is 11.0 Å². The molecule has 0 unspecified atom stereocenters. The number of carbonyl (C=O) groups excluding carboxylic acids is 2. The van der Waals surface area contributed by atoms with Crippen LogP contribution in [0.4, 0.5) is 11.6 Å². The van der Waals surface area contributed by atoms with Crippen molar-refractivity contribution >= 4 is 46.8 Å². The van der Waals surface area contributed by atoms with E-state index in [0.29, 0.717) is 11.4 Å². The zero-order valence-corrected chi connectivity index (χ0v) is 18.1. The van der Waals surface area contributed by atoms with E-state index in [1.165, 1.54) is 11.0 Å². The highest BCUT2D eigenvalue weighted by Crippen LogP contribution is 2.28. The number of nitrogens with zero attached hydrogens (tertiary/aromatic N) is 3. The average Bonchev–Trinajstić information content (AvgIpc) is 3.17. The summed E-state index contributed by atoms with van der Waals surface area (Å²) in [5.41, 5.74) is 2.62. The molecule has 2 fully saturated rings. The molecule has 0 spiro atoms. The summed E-state index contributed by atoms with van der Waals surface area (Å²) in [6, 6.07) is 9.29. The van der Waals surface area contributed by atoms with Crippen molar-refractivity contribution in [3.8, 4) is 0 Å². The number of likely N-dealkylation sites (N-methyl/N-ethyl adjacent to an activating group) is 1. The molecule has 7 nitrogen and oxygen atoms in total. The van der Waals surface area contributed by atoms with Crippen molar-refractivity contribution in [1.82, 2.24) is 10.2 Å². The van der Waals surface area contributed by atoms with E-state index >= 15 is 0 Å². The predicted molar refractivity (Wildman–Crippen MR) is 121 cm³/mol. The molecule has 156 valence electrons. The number of anilines is 2. The highest BCUT2D eigenvalue weighted by molar-refractivity contribution is 7.80.